The van der Waals surface area contributed by atoms with Crippen molar-refractivity contribution < 1.29 is 4.74 Å². The van der Waals surface area contributed by atoms with Gasteiger partial charge in [-0.3, -0.25) is 0 Å². The molecule has 124 valence electrons. The Kier molecular flexibility index (Phi) is 3.96. The summed E-state index contributed by atoms with van der Waals surface area (Å²) in [6.45, 7) is 13.7. The molecule has 3 rings (SSSR count). The summed E-state index contributed by atoms with van der Waals surface area (Å²) in [4.78, 5) is 0. The first-order chi connectivity index (χ1) is 11.1. The van der Waals surface area contributed by atoms with Crippen LogP contribution in [0.4, 0.5) is 0 Å². The molecule has 2 aromatic rings. The van der Waals surface area contributed by atoms with Gasteiger partial charge in [-0.1, -0.05) is 50.8 Å². The van der Waals surface area contributed by atoms with Gasteiger partial charge in [0.1, 0.15) is 12.4 Å². The Balaban J connectivity index is 2.00. The largest absolute Gasteiger partial charge is 0.488 e. The summed E-state index contributed by atoms with van der Waals surface area (Å²) in [6, 6.07) is 13.0. The van der Waals surface area contributed by atoms with E-state index in [-0.39, 0.29) is 10.8 Å². The smallest absolute Gasteiger partial charge is 0.128 e. The number of hydrogen-bond donors (Lipinski definition) is 0. The molecule has 0 saturated carbocycles. The first-order valence-corrected chi connectivity index (χ1v) is 8.57. The molecule has 0 unspecified atom stereocenters. The average molecular weight is 318 g/mol. The van der Waals surface area contributed by atoms with Gasteiger partial charge < -0.3 is 4.74 Å². The van der Waals surface area contributed by atoms with Crippen molar-refractivity contribution in [3.63, 3.8) is 0 Å². The minimum Gasteiger partial charge on any atom is -0.488 e. The Hall–Kier alpha value is -2.20. The third-order valence-corrected chi connectivity index (χ3v) is 4.21. The predicted octanol–water partition coefficient (Wildman–Crippen LogP) is 5.94. The second-order valence-electron chi connectivity index (χ2n) is 8.62. The van der Waals surface area contributed by atoms with E-state index in [0.29, 0.717) is 6.61 Å². The van der Waals surface area contributed by atoms with E-state index in [4.69, 9.17) is 4.74 Å². The summed E-state index contributed by atoms with van der Waals surface area (Å²) in [5, 5.41) is 0. The molecule has 1 aliphatic rings. The fourth-order valence-electron chi connectivity index (χ4n) is 2.80. The van der Waals surface area contributed by atoms with Crippen molar-refractivity contribution in [1.82, 2.24) is 0 Å². The van der Waals surface area contributed by atoms with Crippen molar-refractivity contribution in [2.45, 2.75) is 53.6 Å². The SMILES string of the molecule is CC(C)(C)C#Cc1ccc2c(c1)OCc1cc(C(C)(C)C)ccc1-2. The maximum absolute atomic E-state index is 6.02. The molecule has 0 N–H and O–H groups in total. The molecule has 0 atom stereocenters. The molecule has 2 aromatic carbocycles. The lowest BCUT2D eigenvalue weighted by molar-refractivity contribution is 0.302. The van der Waals surface area contributed by atoms with Crippen molar-refractivity contribution >= 4 is 0 Å². The lowest BCUT2D eigenvalue weighted by Crippen LogP contribution is -2.13. The van der Waals surface area contributed by atoms with Crippen molar-refractivity contribution in [3.8, 4) is 28.7 Å². The zero-order valence-corrected chi connectivity index (χ0v) is 15.6. The fourth-order valence-corrected chi connectivity index (χ4v) is 2.80. The molecule has 24 heavy (non-hydrogen) atoms. The summed E-state index contributed by atoms with van der Waals surface area (Å²) < 4.78 is 6.02. The van der Waals surface area contributed by atoms with Gasteiger partial charge in [0.25, 0.3) is 0 Å². The Morgan fingerprint density at radius 3 is 2.25 bits per heavy atom. The third-order valence-electron chi connectivity index (χ3n) is 4.21. The van der Waals surface area contributed by atoms with Crippen LogP contribution in [0.5, 0.6) is 5.75 Å². The van der Waals surface area contributed by atoms with E-state index in [2.05, 4.69) is 89.8 Å². The lowest BCUT2D eigenvalue weighted by Gasteiger charge is -2.25. The minimum absolute atomic E-state index is 0.00666. The van der Waals surface area contributed by atoms with Crippen LogP contribution < -0.4 is 4.74 Å². The number of rotatable bonds is 0. The first kappa shape index (κ1) is 16.7. The second kappa shape index (κ2) is 5.71. The summed E-state index contributed by atoms with van der Waals surface area (Å²) in [7, 11) is 0. The molecule has 1 nitrogen and oxygen atoms in total. The van der Waals surface area contributed by atoms with Gasteiger partial charge in [0, 0.05) is 16.5 Å². The van der Waals surface area contributed by atoms with Gasteiger partial charge >= 0.3 is 0 Å². The van der Waals surface area contributed by atoms with Crippen LogP contribution in [0.1, 0.15) is 58.2 Å². The molecule has 0 saturated heterocycles. The maximum Gasteiger partial charge on any atom is 0.128 e. The second-order valence-corrected chi connectivity index (χ2v) is 8.62. The molecule has 0 bridgehead atoms. The Labute approximate surface area is 146 Å². The molecule has 1 heteroatoms. The molecule has 0 fully saturated rings. The highest BCUT2D eigenvalue weighted by atomic mass is 16.5. The van der Waals surface area contributed by atoms with Crippen molar-refractivity contribution in [2.75, 3.05) is 0 Å². The minimum atomic E-state index is 0.00666. The molecule has 0 radical (unpaired) electrons. The topological polar surface area (TPSA) is 9.23 Å². The van der Waals surface area contributed by atoms with Gasteiger partial charge in [-0.2, -0.15) is 0 Å². The maximum atomic E-state index is 6.02. The van der Waals surface area contributed by atoms with Gasteiger partial charge in [0.2, 0.25) is 0 Å². The number of ether oxygens (including phenoxy) is 1. The highest BCUT2D eigenvalue weighted by molar-refractivity contribution is 5.76. The average Bonchev–Trinajstić information content (AvgIpc) is 2.50. The molecular formula is C23H26O. The van der Waals surface area contributed by atoms with Gasteiger partial charge in [-0.25, -0.2) is 0 Å². The lowest BCUT2D eigenvalue weighted by atomic mass is 9.84. The summed E-state index contributed by atoms with van der Waals surface area (Å²) >= 11 is 0. The van der Waals surface area contributed by atoms with Crippen molar-refractivity contribution in [2.24, 2.45) is 5.41 Å². The van der Waals surface area contributed by atoms with Gasteiger partial charge in [-0.15, -0.1) is 0 Å². The quantitative estimate of drug-likeness (QED) is 0.546. The highest BCUT2D eigenvalue weighted by Crippen LogP contribution is 2.39. The molecule has 1 heterocycles. The summed E-state index contributed by atoms with van der Waals surface area (Å²) in [6.07, 6.45) is 0. The predicted molar refractivity (Wildman–Crippen MR) is 101 cm³/mol. The van der Waals surface area contributed by atoms with E-state index in [1.165, 1.54) is 16.7 Å². The van der Waals surface area contributed by atoms with E-state index < -0.39 is 0 Å². The zero-order valence-electron chi connectivity index (χ0n) is 15.6. The normalized spacial score (nSPS) is 13.2. The van der Waals surface area contributed by atoms with Crippen LogP contribution in [0.2, 0.25) is 0 Å². The number of fused-ring (bicyclic) bond motifs is 3. The summed E-state index contributed by atoms with van der Waals surface area (Å²) in [5.41, 5.74) is 6.23. The van der Waals surface area contributed by atoms with Gasteiger partial charge in [0.15, 0.2) is 0 Å². The molecule has 0 aromatic heterocycles. The Morgan fingerprint density at radius 1 is 0.875 bits per heavy atom. The molecule has 0 amide bonds. The van der Waals surface area contributed by atoms with E-state index in [9.17, 15) is 0 Å². The summed E-state index contributed by atoms with van der Waals surface area (Å²) in [5.74, 6) is 7.48. The molecule has 1 aliphatic heterocycles. The van der Waals surface area contributed by atoms with Gasteiger partial charge in [-0.05, 0) is 61.1 Å². The first-order valence-electron chi connectivity index (χ1n) is 8.57. The van der Waals surface area contributed by atoms with Crippen LogP contribution in [0.25, 0.3) is 11.1 Å². The van der Waals surface area contributed by atoms with Crippen molar-refractivity contribution in [3.05, 3.63) is 53.1 Å². The van der Waals surface area contributed by atoms with Crippen LogP contribution in [-0.2, 0) is 12.0 Å². The van der Waals surface area contributed by atoms with Crippen LogP contribution >= 0.6 is 0 Å². The number of hydrogen-bond acceptors (Lipinski definition) is 1. The van der Waals surface area contributed by atoms with E-state index in [0.717, 1.165) is 16.9 Å². The van der Waals surface area contributed by atoms with Crippen LogP contribution in [0.3, 0.4) is 0 Å². The number of benzene rings is 2. The van der Waals surface area contributed by atoms with E-state index >= 15 is 0 Å². The highest BCUT2D eigenvalue weighted by Gasteiger charge is 2.21. The van der Waals surface area contributed by atoms with Crippen molar-refractivity contribution in [1.29, 1.82) is 0 Å². The van der Waals surface area contributed by atoms with E-state index in [1.807, 2.05) is 0 Å². The van der Waals surface area contributed by atoms with Gasteiger partial charge in [0.05, 0.1) is 0 Å². The standard InChI is InChI=1S/C23H26O/c1-22(2,3)12-11-16-7-9-20-19-10-8-18(23(4,5)6)14-17(19)15-24-21(20)13-16/h7-10,13-14H,15H2,1-6H3. The molecule has 0 spiro atoms. The zero-order chi connectivity index (χ0) is 17.5. The third kappa shape index (κ3) is 3.49. The Bertz CT molecular complexity index is 833. The fraction of sp³-hybridized carbons (Fsp3) is 0.391. The Morgan fingerprint density at radius 2 is 1.58 bits per heavy atom. The monoisotopic (exact) mass is 318 g/mol. The van der Waals surface area contributed by atoms with Crippen LogP contribution in [-0.4, -0.2) is 0 Å². The van der Waals surface area contributed by atoms with E-state index in [1.54, 1.807) is 0 Å². The van der Waals surface area contributed by atoms with Crippen LogP contribution in [0, 0.1) is 17.3 Å². The molecule has 0 aliphatic carbocycles. The van der Waals surface area contributed by atoms with Crippen LogP contribution in [0.15, 0.2) is 36.4 Å². The molecular weight excluding hydrogens is 292 g/mol.